The van der Waals surface area contributed by atoms with Gasteiger partial charge in [-0.3, -0.25) is 9.48 Å². The minimum absolute atomic E-state index is 0.0921. The second-order valence-electron chi connectivity index (χ2n) is 6.17. The molecule has 0 saturated carbocycles. The average molecular weight is 307 g/mol. The van der Waals surface area contributed by atoms with Crippen LogP contribution in [0.5, 0.6) is 0 Å². The summed E-state index contributed by atoms with van der Waals surface area (Å²) in [5.41, 5.74) is 0. The summed E-state index contributed by atoms with van der Waals surface area (Å²) in [4.78, 5) is 14.5. The molecule has 2 atom stereocenters. The zero-order valence-corrected chi connectivity index (χ0v) is 14.0. The molecule has 22 heavy (non-hydrogen) atoms. The molecule has 1 saturated heterocycles. The number of carbonyl (C=O) groups is 1. The molecule has 1 aliphatic heterocycles. The summed E-state index contributed by atoms with van der Waals surface area (Å²) in [5, 5.41) is 10.7. The van der Waals surface area contributed by atoms with Gasteiger partial charge >= 0.3 is 0 Å². The molecular formula is C16H29N5O. The van der Waals surface area contributed by atoms with Crippen molar-refractivity contribution < 1.29 is 4.79 Å². The highest BCUT2D eigenvalue weighted by atomic mass is 16.2. The molecule has 1 fully saturated rings. The third-order valence-electron chi connectivity index (χ3n) is 4.65. The second kappa shape index (κ2) is 8.29. The van der Waals surface area contributed by atoms with Gasteiger partial charge < -0.3 is 15.5 Å². The van der Waals surface area contributed by atoms with Crippen molar-refractivity contribution in [1.82, 2.24) is 25.3 Å². The maximum Gasteiger partial charge on any atom is 0.234 e. The number of hydrogen-bond acceptors (Lipinski definition) is 4. The van der Waals surface area contributed by atoms with Crippen LogP contribution in [0.4, 0.5) is 0 Å². The molecule has 1 aliphatic rings. The van der Waals surface area contributed by atoms with Crippen molar-refractivity contribution in [2.45, 2.75) is 51.7 Å². The lowest BCUT2D eigenvalue weighted by atomic mass is 10.1. The summed E-state index contributed by atoms with van der Waals surface area (Å²) in [6.45, 7) is 10.0. The smallest absolute Gasteiger partial charge is 0.234 e. The number of piperidine rings is 1. The van der Waals surface area contributed by atoms with Gasteiger partial charge in [0.15, 0.2) is 0 Å². The van der Waals surface area contributed by atoms with E-state index in [1.54, 1.807) is 6.20 Å². The van der Waals surface area contributed by atoms with Crippen LogP contribution in [0.1, 0.15) is 39.7 Å². The van der Waals surface area contributed by atoms with Gasteiger partial charge in [0.05, 0.1) is 12.6 Å². The fraction of sp³-hybridized carbons (Fsp3) is 0.750. The number of nitrogens with zero attached hydrogens (tertiary/aromatic N) is 3. The molecule has 2 heterocycles. The van der Waals surface area contributed by atoms with Gasteiger partial charge in [-0.05, 0) is 39.3 Å². The Balaban J connectivity index is 1.67. The molecule has 124 valence electrons. The monoisotopic (exact) mass is 307 g/mol. The normalized spacial score (nSPS) is 19.8. The summed E-state index contributed by atoms with van der Waals surface area (Å²) in [5.74, 6) is 0.0921. The number of amides is 1. The Labute approximate surface area is 133 Å². The average Bonchev–Trinajstić information content (AvgIpc) is 3.07. The van der Waals surface area contributed by atoms with E-state index in [1.807, 2.05) is 16.9 Å². The van der Waals surface area contributed by atoms with Crippen LogP contribution in [0, 0.1) is 0 Å². The highest BCUT2D eigenvalue weighted by Gasteiger charge is 2.20. The first kappa shape index (κ1) is 17.0. The number of carbonyl (C=O) groups excluding carboxylic acids is 1. The zero-order chi connectivity index (χ0) is 15.9. The Morgan fingerprint density at radius 3 is 2.68 bits per heavy atom. The van der Waals surface area contributed by atoms with E-state index >= 15 is 0 Å². The Hall–Kier alpha value is -1.40. The van der Waals surface area contributed by atoms with Crippen LogP contribution in [-0.2, 0) is 4.79 Å². The highest BCUT2D eigenvalue weighted by molar-refractivity contribution is 5.78. The van der Waals surface area contributed by atoms with Crippen LogP contribution in [0.2, 0.25) is 0 Å². The first-order valence-corrected chi connectivity index (χ1v) is 8.34. The van der Waals surface area contributed by atoms with E-state index in [9.17, 15) is 4.79 Å². The summed E-state index contributed by atoms with van der Waals surface area (Å²) in [6, 6.07) is 2.65. The van der Waals surface area contributed by atoms with Crippen LogP contribution >= 0.6 is 0 Å². The predicted molar refractivity (Wildman–Crippen MR) is 87.7 cm³/mol. The van der Waals surface area contributed by atoms with E-state index in [2.05, 4.69) is 41.4 Å². The maximum atomic E-state index is 12.1. The number of likely N-dealkylation sites (tertiary alicyclic amines) is 1. The molecule has 0 spiro atoms. The van der Waals surface area contributed by atoms with E-state index in [4.69, 9.17) is 0 Å². The SMILES string of the molecule is CCN1CCC(NC(=O)CN[C@@H](C)[C@H](C)n2cccn2)CC1. The van der Waals surface area contributed by atoms with Gasteiger partial charge in [-0.1, -0.05) is 6.92 Å². The van der Waals surface area contributed by atoms with Crippen LogP contribution in [-0.4, -0.2) is 58.9 Å². The topological polar surface area (TPSA) is 62.2 Å². The van der Waals surface area contributed by atoms with Crippen molar-refractivity contribution in [3.8, 4) is 0 Å². The van der Waals surface area contributed by atoms with Gasteiger partial charge in [0.2, 0.25) is 5.91 Å². The lowest BCUT2D eigenvalue weighted by molar-refractivity contribution is -0.121. The van der Waals surface area contributed by atoms with E-state index < -0.39 is 0 Å². The van der Waals surface area contributed by atoms with Crippen molar-refractivity contribution in [2.24, 2.45) is 0 Å². The largest absolute Gasteiger partial charge is 0.352 e. The summed E-state index contributed by atoms with van der Waals surface area (Å²) < 4.78 is 1.91. The molecule has 2 rings (SSSR count). The van der Waals surface area contributed by atoms with E-state index in [-0.39, 0.29) is 18.0 Å². The van der Waals surface area contributed by atoms with Gasteiger partial charge in [-0.2, -0.15) is 5.10 Å². The molecular weight excluding hydrogens is 278 g/mol. The van der Waals surface area contributed by atoms with E-state index in [0.717, 1.165) is 32.5 Å². The van der Waals surface area contributed by atoms with Crippen LogP contribution in [0.15, 0.2) is 18.5 Å². The van der Waals surface area contributed by atoms with Crippen molar-refractivity contribution in [3.05, 3.63) is 18.5 Å². The fourth-order valence-electron chi connectivity index (χ4n) is 2.85. The highest BCUT2D eigenvalue weighted by Crippen LogP contribution is 2.10. The quantitative estimate of drug-likeness (QED) is 0.789. The lowest BCUT2D eigenvalue weighted by Crippen LogP contribution is -2.48. The van der Waals surface area contributed by atoms with Crippen LogP contribution in [0.3, 0.4) is 0 Å². The van der Waals surface area contributed by atoms with Gasteiger partial charge in [0, 0.05) is 37.6 Å². The van der Waals surface area contributed by atoms with Crippen molar-refractivity contribution in [3.63, 3.8) is 0 Å². The molecule has 6 nitrogen and oxygen atoms in total. The van der Waals surface area contributed by atoms with Crippen molar-refractivity contribution >= 4 is 5.91 Å². The Kier molecular flexibility index (Phi) is 6.39. The Bertz CT molecular complexity index is 439. The number of rotatable bonds is 7. The van der Waals surface area contributed by atoms with Crippen molar-refractivity contribution in [2.75, 3.05) is 26.2 Å². The molecule has 6 heteroatoms. The zero-order valence-electron chi connectivity index (χ0n) is 14.0. The molecule has 1 aromatic rings. The number of aromatic nitrogens is 2. The molecule has 0 aliphatic carbocycles. The van der Waals surface area contributed by atoms with Crippen molar-refractivity contribution in [1.29, 1.82) is 0 Å². The third-order valence-corrected chi connectivity index (χ3v) is 4.65. The molecule has 0 unspecified atom stereocenters. The summed E-state index contributed by atoms with van der Waals surface area (Å²) in [7, 11) is 0. The van der Waals surface area contributed by atoms with Gasteiger partial charge in [-0.15, -0.1) is 0 Å². The second-order valence-corrected chi connectivity index (χ2v) is 6.17. The van der Waals surface area contributed by atoms with Gasteiger partial charge in [0.25, 0.3) is 0 Å². The van der Waals surface area contributed by atoms with Gasteiger partial charge in [-0.25, -0.2) is 0 Å². The maximum absolute atomic E-state index is 12.1. The number of nitrogens with one attached hydrogen (secondary N) is 2. The Morgan fingerprint density at radius 2 is 2.09 bits per heavy atom. The van der Waals surface area contributed by atoms with Crippen LogP contribution < -0.4 is 10.6 Å². The fourth-order valence-corrected chi connectivity index (χ4v) is 2.85. The summed E-state index contributed by atoms with van der Waals surface area (Å²) in [6.07, 6.45) is 5.83. The molecule has 1 aromatic heterocycles. The number of hydrogen-bond donors (Lipinski definition) is 2. The minimum Gasteiger partial charge on any atom is -0.352 e. The summed E-state index contributed by atoms with van der Waals surface area (Å²) >= 11 is 0. The third kappa shape index (κ3) is 4.81. The first-order valence-electron chi connectivity index (χ1n) is 8.34. The van der Waals surface area contributed by atoms with E-state index in [1.165, 1.54) is 0 Å². The minimum atomic E-state index is 0.0921. The molecule has 0 bridgehead atoms. The molecule has 2 N–H and O–H groups in total. The Morgan fingerprint density at radius 1 is 1.36 bits per heavy atom. The molecule has 0 aromatic carbocycles. The van der Waals surface area contributed by atoms with Crippen LogP contribution in [0.25, 0.3) is 0 Å². The first-order chi connectivity index (χ1) is 10.6. The molecule has 0 radical (unpaired) electrons. The molecule has 1 amide bonds. The standard InChI is InChI=1S/C16H29N5O/c1-4-20-10-6-15(7-11-20)19-16(22)12-17-13(2)14(3)21-9-5-8-18-21/h5,8-9,13-15,17H,4,6-7,10-12H2,1-3H3,(H,19,22)/t13-,14-/m0/s1. The predicted octanol–water partition coefficient (Wildman–Crippen LogP) is 1.02. The van der Waals surface area contributed by atoms with E-state index in [0.29, 0.717) is 12.6 Å². The lowest BCUT2D eigenvalue weighted by Gasteiger charge is -2.31. The van der Waals surface area contributed by atoms with Gasteiger partial charge in [0.1, 0.15) is 0 Å².